The Morgan fingerprint density at radius 2 is 2.18 bits per heavy atom. The maximum Gasteiger partial charge on any atom is 0.221 e. The monoisotopic (exact) mass is 292 g/mol. The van der Waals surface area contributed by atoms with Crippen LogP contribution in [-0.2, 0) is 0 Å². The van der Waals surface area contributed by atoms with Crippen molar-refractivity contribution in [2.24, 2.45) is 5.10 Å². The molecule has 0 unspecified atom stereocenters. The quantitative estimate of drug-likeness (QED) is 0.866. The summed E-state index contributed by atoms with van der Waals surface area (Å²) in [5.74, 6) is 0.391. The molecule has 0 fully saturated rings. The minimum Gasteiger partial charge on any atom is -0.368 e. The van der Waals surface area contributed by atoms with Gasteiger partial charge in [-0.05, 0) is 25.5 Å². The molecule has 0 saturated heterocycles. The minimum atomic E-state index is 0.391. The number of anilines is 1. The molecule has 2 aromatic rings. The molecule has 2 N–H and O–H groups in total. The van der Waals surface area contributed by atoms with E-state index in [1.54, 1.807) is 17.1 Å². The number of nitrogens with two attached hydrogens (primary N) is 1. The molecule has 4 nitrogen and oxygen atoms in total. The highest BCUT2D eigenvalue weighted by Crippen LogP contribution is 2.16. The zero-order valence-corrected chi connectivity index (χ0v) is 11.3. The maximum atomic E-state index is 5.69. The number of aromatic nitrogens is 2. The Balaban J connectivity index is 2.29. The van der Waals surface area contributed by atoms with E-state index in [0.717, 1.165) is 15.7 Å². The van der Waals surface area contributed by atoms with Gasteiger partial charge < -0.3 is 5.73 Å². The number of hydrogen-bond donors (Lipinski definition) is 1. The number of nitrogens with zero attached hydrogens (tertiary/aromatic N) is 3. The normalized spacial score (nSPS) is 11.2. The first-order valence-electron chi connectivity index (χ1n) is 5.18. The SMILES string of the molecule is Cc1ccc(C=Nn2cc(C)nc2N)c(Br)c1. The van der Waals surface area contributed by atoms with Gasteiger partial charge in [0.2, 0.25) is 5.95 Å². The summed E-state index contributed by atoms with van der Waals surface area (Å²) in [6.45, 7) is 3.92. The summed E-state index contributed by atoms with van der Waals surface area (Å²) in [5.41, 5.74) is 8.75. The Bertz CT molecular complexity index is 572. The van der Waals surface area contributed by atoms with Crippen LogP contribution in [0.5, 0.6) is 0 Å². The smallest absolute Gasteiger partial charge is 0.221 e. The Morgan fingerprint density at radius 1 is 1.41 bits per heavy atom. The van der Waals surface area contributed by atoms with E-state index in [-0.39, 0.29) is 0 Å². The van der Waals surface area contributed by atoms with Crippen LogP contribution in [0.4, 0.5) is 5.95 Å². The van der Waals surface area contributed by atoms with Crippen LogP contribution in [-0.4, -0.2) is 15.9 Å². The lowest BCUT2D eigenvalue weighted by molar-refractivity contribution is 0.897. The summed E-state index contributed by atoms with van der Waals surface area (Å²) in [6.07, 6.45) is 3.54. The summed E-state index contributed by atoms with van der Waals surface area (Å²) in [4.78, 5) is 4.08. The van der Waals surface area contributed by atoms with Crippen LogP contribution in [0.1, 0.15) is 16.8 Å². The Kier molecular flexibility index (Phi) is 3.28. The predicted octanol–water partition coefficient (Wildman–Crippen LogP) is 2.73. The van der Waals surface area contributed by atoms with E-state index in [1.165, 1.54) is 5.56 Å². The van der Waals surface area contributed by atoms with Crippen LogP contribution in [0.15, 0.2) is 34.0 Å². The molecule has 88 valence electrons. The molecular weight excluding hydrogens is 280 g/mol. The van der Waals surface area contributed by atoms with Crippen LogP contribution >= 0.6 is 15.9 Å². The molecule has 1 aromatic carbocycles. The zero-order valence-electron chi connectivity index (χ0n) is 9.68. The van der Waals surface area contributed by atoms with Gasteiger partial charge in [0.25, 0.3) is 0 Å². The lowest BCUT2D eigenvalue weighted by Gasteiger charge is -2.00. The number of imidazole rings is 1. The molecule has 0 radical (unpaired) electrons. The maximum absolute atomic E-state index is 5.69. The third kappa shape index (κ3) is 2.74. The van der Waals surface area contributed by atoms with Gasteiger partial charge >= 0.3 is 0 Å². The van der Waals surface area contributed by atoms with Crippen molar-refractivity contribution in [2.45, 2.75) is 13.8 Å². The number of halogens is 1. The van der Waals surface area contributed by atoms with Crippen molar-refractivity contribution in [1.82, 2.24) is 9.66 Å². The molecule has 2 rings (SSSR count). The van der Waals surface area contributed by atoms with E-state index in [4.69, 9.17) is 5.73 Å². The molecule has 0 aliphatic heterocycles. The second kappa shape index (κ2) is 4.71. The number of rotatable bonds is 2. The van der Waals surface area contributed by atoms with Crippen molar-refractivity contribution >= 4 is 28.1 Å². The highest BCUT2D eigenvalue weighted by Gasteiger charge is 2.00. The van der Waals surface area contributed by atoms with Gasteiger partial charge in [0, 0.05) is 10.0 Å². The largest absolute Gasteiger partial charge is 0.368 e. The molecule has 0 amide bonds. The minimum absolute atomic E-state index is 0.391. The molecule has 0 bridgehead atoms. The van der Waals surface area contributed by atoms with Gasteiger partial charge in [-0.15, -0.1) is 0 Å². The van der Waals surface area contributed by atoms with E-state index >= 15 is 0 Å². The summed E-state index contributed by atoms with van der Waals surface area (Å²) in [5, 5.41) is 4.26. The number of hydrogen-bond acceptors (Lipinski definition) is 3. The third-order valence-electron chi connectivity index (χ3n) is 2.31. The number of nitrogen functional groups attached to an aromatic ring is 1. The molecule has 1 heterocycles. The first kappa shape index (κ1) is 11.9. The van der Waals surface area contributed by atoms with Gasteiger partial charge in [-0.25, -0.2) is 9.66 Å². The Morgan fingerprint density at radius 3 is 2.76 bits per heavy atom. The molecule has 0 atom stereocenters. The molecule has 0 spiro atoms. The standard InChI is InChI=1S/C12H13BrN4/c1-8-3-4-10(11(13)5-8)6-15-17-7-9(2)16-12(17)14/h3-7H,1-2H3,(H2,14,16). The van der Waals surface area contributed by atoms with Gasteiger partial charge in [-0.2, -0.15) is 5.10 Å². The number of benzene rings is 1. The molecular formula is C12H13BrN4. The second-order valence-corrected chi connectivity index (χ2v) is 4.71. The fraction of sp³-hybridized carbons (Fsp3) is 0.167. The summed E-state index contributed by atoms with van der Waals surface area (Å²) in [7, 11) is 0. The fourth-order valence-electron chi connectivity index (χ4n) is 1.46. The van der Waals surface area contributed by atoms with E-state index in [2.05, 4.69) is 26.0 Å². The highest BCUT2D eigenvalue weighted by molar-refractivity contribution is 9.10. The van der Waals surface area contributed by atoms with E-state index in [9.17, 15) is 0 Å². The first-order valence-corrected chi connectivity index (χ1v) is 5.97. The average molecular weight is 293 g/mol. The van der Waals surface area contributed by atoms with Crippen LogP contribution in [0.25, 0.3) is 0 Å². The third-order valence-corrected chi connectivity index (χ3v) is 3.00. The predicted molar refractivity (Wildman–Crippen MR) is 73.2 cm³/mol. The van der Waals surface area contributed by atoms with E-state index in [0.29, 0.717) is 5.95 Å². The van der Waals surface area contributed by atoms with Crippen LogP contribution in [0.3, 0.4) is 0 Å². The van der Waals surface area contributed by atoms with Crippen molar-refractivity contribution in [3.8, 4) is 0 Å². The van der Waals surface area contributed by atoms with Crippen molar-refractivity contribution < 1.29 is 0 Å². The zero-order chi connectivity index (χ0) is 12.4. The lowest BCUT2D eigenvalue weighted by atomic mass is 10.2. The van der Waals surface area contributed by atoms with Crippen LogP contribution < -0.4 is 5.73 Å². The molecule has 0 aliphatic rings. The van der Waals surface area contributed by atoms with Gasteiger partial charge in [-0.1, -0.05) is 28.1 Å². The van der Waals surface area contributed by atoms with Crippen molar-refractivity contribution in [1.29, 1.82) is 0 Å². The Hall–Kier alpha value is -1.62. The van der Waals surface area contributed by atoms with Crippen molar-refractivity contribution in [3.05, 3.63) is 45.7 Å². The van der Waals surface area contributed by atoms with E-state index in [1.807, 2.05) is 32.0 Å². The van der Waals surface area contributed by atoms with Gasteiger partial charge in [0.05, 0.1) is 18.1 Å². The van der Waals surface area contributed by atoms with Crippen molar-refractivity contribution in [3.63, 3.8) is 0 Å². The summed E-state index contributed by atoms with van der Waals surface area (Å²) >= 11 is 3.50. The molecule has 0 aliphatic carbocycles. The van der Waals surface area contributed by atoms with Crippen molar-refractivity contribution in [2.75, 3.05) is 5.73 Å². The highest BCUT2D eigenvalue weighted by atomic mass is 79.9. The average Bonchev–Trinajstić information content (AvgIpc) is 2.56. The lowest BCUT2D eigenvalue weighted by Crippen LogP contribution is -1.97. The van der Waals surface area contributed by atoms with Gasteiger partial charge in [-0.3, -0.25) is 0 Å². The first-order chi connectivity index (χ1) is 8.06. The van der Waals surface area contributed by atoms with Crippen LogP contribution in [0, 0.1) is 13.8 Å². The second-order valence-electron chi connectivity index (χ2n) is 3.85. The van der Waals surface area contributed by atoms with Gasteiger partial charge in [0.1, 0.15) is 0 Å². The molecule has 1 aromatic heterocycles. The Labute approximate surface area is 108 Å². The summed E-state index contributed by atoms with van der Waals surface area (Å²) in [6, 6.07) is 6.08. The topological polar surface area (TPSA) is 56.2 Å². The number of aryl methyl sites for hydroxylation is 2. The van der Waals surface area contributed by atoms with Gasteiger partial charge in [0.15, 0.2) is 0 Å². The summed E-state index contributed by atoms with van der Waals surface area (Å²) < 4.78 is 2.57. The molecule has 5 heteroatoms. The molecule has 0 saturated carbocycles. The van der Waals surface area contributed by atoms with E-state index < -0.39 is 0 Å². The van der Waals surface area contributed by atoms with Crippen LogP contribution in [0.2, 0.25) is 0 Å². The fourth-order valence-corrected chi connectivity index (χ4v) is 2.05. The molecule has 17 heavy (non-hydrogen) atoms.